The van der Waals surface area contributed by atoms with Crippen LogP contribution in [-0.2, 0) is 16.1 Å². The summed E-state index contributed by atoms with van der Waals surface area (Å²) < 4.78 is -1.25. The zero-order valence-electron chi connectivity index (χ0n) is 14.4. The highest BCUT2D eigenvalue weighted by molar-refractivity contribution is 8.02. The monoisotopic (exact) mass is 386 g/mol. The van der Waals surface area contributed by atoms with E-state index in [0.717, 1.165) is 16.1 Å². The second kappa shape index (κ2) is 7.56. The van der Waals surface area contributed by atoms with Crippen molar-refractivity contribution in [3.8, 4) is 0 Å². The number of nitrogens with zero attached hydrogens (tertiary/aromatic N) is 1. The fourth-order valence-electron chi connectivity index (χ4n) is 2.82. The molecule has 0 spiro atoms. The van der Waals surface area contributed by atoms with E-state index in [1.54, 1.807) is 24.0 Å². The molecule has 0 saturated carbocycles. The van der Waals surface area contributed by atoms with Crippen molar-refractivity contribution in [2.45, 2.75) is 23.1 Å². The highest BCUT2D eigenvalue weighted by Gasteiger charge is 2.47. The first-order valence-corrected chi connectivity index (χ1v) is 9.38. The van der Waals surface area contributed by atoms with Gasteiger partial charge in [0, 0.05) is 23.0 Å². The molecule has 26 heavy (non-hydrogen) atoms. The number of rotatable bonds is 5. The molecule has 0 aliphatic carbocycles. The Balaban J connectivity index is 1.90. The molecule has 1 aliphatic heterocycles. The predicted octanol–water partition coefficient (Wildman–Crippen LogP) is 4.36. The summed E-state index contributed by atoms with van der Waals surface area (Å²) in [7, 11) is 0. The molecule has 1 N–H and O–H groups in total. The summed E-state index contributed by atoms with van der Waals surface area (Å²) in [6.07, 6.45) is 1.65. The van der Waals surface area contributed by atoms with Crippen molar-refractivity contribution >= 4 is 40.9 Å². The molecule has 2 aromatic carbocycles. The Morgan fingerprint density at radius 1 is 1.27 bits per heavy atom. The quantitative estimate of drug-likeness (QED) is 0.613. The summed E-state index contributed by atoms with van der Waals surface area (Å²) in [4.78, 5) is 28.5. The first-order chi connectivity index (χ1) is 12.5. The summed E-state index contributed by atoms with van der Waals surface area (Å²) in [5.41, 5.74) is 1.56. The number of amides is 2. The van der Waals surface area contributed by atoms with Gasteiger partial charge in [0.1, 0.15) is 0 Å². The van der Waals surface area contributed by atoms with Gasteiger partial charge in [-0.1, -0.05) is 59.8 Å². The van der Waals surface area contributed by atoms with Crippen LogP contribution in [0.3, 0.4) is 0 Å². The number of hydrogen-bond donors (Lipinski definition) is 1. The Morgan fingerprint density at radius 2 is 1.96 bits per heavy atom. The van der Waals surface area contributed by atoms with Crippen LogP contribution in [0.5, 0.6) is 0 Å². The largest absolute Gasteiger partial charge is 0.333 e. The predicted molar refractivity (Wildman–Crippen MR) is 106 cm³/mol. The summed E-state index contributed by atoms with van der Waals surface area (Å²) in [6.45, 7) is 6.04. The van der Waals surface area contributed by atoms with Crippen molar-refractivity contribution in [2.75, 3.05) is 11.9 Å². The van der Waals surface area contributed by atoms with E-state index < -0.39 is 4.75 Å². The number of hydrogen-bond acceptors (Lipinski definition) is 3. The molecule has 1 atom stereocenters. The zero-order chi connectivity index (χ0) is 18.7. The highest BCUT2D eigenvalue weighted by Crippen LogP contribution is 2.43. The molecule has 4 nitrogen and oxygen atoms in total. The van der Waals surface area contributed by atoms with E-state index in [-0.39, 0.29) is 11.8 Å². The second-order valence-electron chi connectivity index (χ2n) is 6.15. The van der Waals surface area contributed by atoms with Crippen molar-refractivity contribution in [3.05, 3.63) is 71.8 Å². The number of carbonyl (C=O) groups is 2. The summed E-state index contributed by atoms with van der Waals surface area (Å²) in [5.74, 6) is -0.589. The fraction of sp³-hybridized carbons (Fsp3) is 0.200. The normalized spacial score (nSPS) is 18.6. The third kappa shape index (κ3) is 3.50. The Kier molecular flexibility index (Phi) is 5.39. The molecular formula is C20H19ClN2O2S. The SMILES string of the molecule is C=CCN(Cc1ccccc1Cl)C(=O)C1(C)Sc2ccccc2NC1=O. The Morgan fingerprint density at radius 3 is 2.69 bits per heavy atom. The topological polar surface area (TPSA) is 49.4 Å². The lowest BCUT2D eigenvalue weighted by Crippen LogP contribution is -2.53. The number of para-hydroxylation sites is 1. The number of thioether (sulfide) groups is 1. The van der Waals surface area contributed by atoms with E-state index >= 15 is 0 Å². The van der Waals surface area contributed by atoms with Crippen LogP contribution >= 0.6 is 23.4 Å². The van der Waals surface area contributed by atoms with Crippen LogP contribution in [0.1, 0.15) is 12.5 Å². The molecule has 0 bridgehead atoms. The van der Waals surface area contributed by atoms with E-state index in [2.05, 4.69) is 11.9 Å². The first kappa shape index (κ1) is 18.5. The number of nitrogens with one attached hydrogen (secondary N) is 1. The van der Waals surface area contributed by atoms with Crippen molar-refractivity contribution in [3.63, 3.8) is 0 Å². The van der Waals surface area contributed by atoms with Crippen LogP contribution < -0.4 is 5.32 Å². The standard InChI is InChI=1S/C20H19ClN2O2S/c1-3-12-23(13-14-8-4-5-9-15(14)21)19(25)20(2)18(24)22-16-10-6-7-11-17(16)26-20/h3-11H,1,12-13H2,2H3,(H,22,24). The van der Waals surface area contributed by atoms with E-state index in [0.29, 0.717) is 18.1 Å². The first-order valence-electron chi connectivity index (χ1n) is 8.19. The zero-order valence-corrected chi connectivity index (χ0v) is 15.9. The number of fused-ring (bicyclic) bond motifs is 1. The molecule has 0 aromatic heterocycles. The Labute approximate surface area is 162 Å². The van der Waals surface area contributed by atoms with Crippen molar-refractivity contribution in [2.24, 2.45) is 0 Å². The van der Waals surface area contributed by atoms with Gasteiger partial charge in [0.05, 0.1) is 5.69 Å². The fourth-order valence-corrected chi connectivity index (χ4v) is 4.19. The van der Waals surface area contributed by atoms with Gasteiger partial charge < -0.3 is 10.2 Å². The number of halogens is 1. The highest BCUT2D eigenvalue weighted by atomic mass is 35.5. The number of anilines is 1. The van der Waals surface area contributed by atoms with E-state index in [9.17, 15) is 9.59 Å². The molecule has 2 amide bonds. The molecular weight excluding hydrogens is 368 g/mol. The molecule has 1 heterocycles. The maximum Gasteiger partial charge on any atom is 0.250 e. The molecule has 0 radical (unpaired) electrons. The van der Waals surface area contributed by atoms with Crippen LogP contribution in [0.2, 0.25) is 5.02 Å². The van der Waals surface area contributed by atoms with Crippen LogP contribution in [0.4, 0.5) is 5.69 Å². The maximum atomic E-state index is 13.3. The molecule has 2 aromatic rings. The van der Waals surface area contributed by atoms with Gasteiger partial charge in [-0.25, -0.2) is 0 Å². The van der Waals surface area contributed by atoms with Gasteiger partial charge in [-0.15, -0.1) is 6.58 Å². The molecule has 0 saturated heterocycles. The van der Waals surface area contributed by atoms with E-state index in [1.807, 2.05) is 42.5 Å². The van der Waals surface area contributed by atoms with Gasteiger partial charge >= 0.3 is 0 Å². The van der Waals surface area contributed by atoms with Crippen LogP contribution in [0.15, 0.2) is 66.1 Å². The molecule has 1 unspecified atom stereocenters. The lowest BCUT2D eigenvalue weighted by molar-refractivity contribution is -0.137. The summed E-state index contributed by atoms with van der Waals surface area (Å²) in [6, 6.07) is 14.8. The molecule has 0 fully saturated rings. The number of carbonyl (C=O) groups excluding carboxylic acids is 2. The van der Waals surface area contributed by atoms with Gasteiger partial charge in [0.15, 0.2) is 4.75 Å². The summed E-state index contributed by atoms with van der Waals surface area (Å²) >= 11 is 7.51. The van der Waals surface area contributed by atoms with Crippen LogP contribution in [0, 0.1) is 0 Å². The van der Waals surface area contributed by atoms with Crippen molar-refractivity contribution in [1.82, 2.24) is 4.90 Å². The Bertz CT molecular complexity index is 870. The average Bonchev–Trinajstić information content (AvgIpc) is 2.63. The average molecular weight is 387 g/mol. The minimum Gasteiger partial charge on any atom is -0.333 e. The van der Waals surface area contributed by atoms with Gasteiger partial charge in [-0.05, 0) is 30.7 Å². The lowest BCUT2D eigenvalue weighted by Gasteiger charge is -2.36. The van der Waals surface area contributed by atoms with Gasteiger partial charge in [0.2, 0.25) is 11.8 Å². The third-order valence-corrected chi connectivity index (χ3v) is 5.96. The van der Waals surface area contributed by atoms with E-state index in [4.69, 9.17) is 11.6 Å². The minimum atomic E-state index is -1.25. The summed E-state index contributed by atoms with van der Waals surface area (Å²) in [5, 5.41) is 3.43. The Hall–Kier alpha value is -2.24. The van der Waals surface area contributed by atoms with Gasteiger partial charge in [-0.3, -0.25) is 9.59 Å². The second-order valence-corrected chi connectivity index (χ2v) is 8.02. The van der Waals surface area contributed by atoms with Gasteiger partial charge in [-0.2, -0.15) is 0 Å². The molecule has 1 aliphatic rings. The molecule has 134 valence electrons. The third-order valence-electron chi connectivity index (χ3n) is 4.25. The van der Waals surface area contributed by atoms with Crippen LogP contribution in [-0.4, -0.2) is 28.0 Å². The molecule has 6 heteroatoms. The van der Waals surface area contributed by atoms with Gasteiger partial charge in [0.25, 0.3) is 0 Å². The lowest BCUT2D eigenvalue weighted by atomic mass is 10.1. The minimum absolute atomic E-state index is 0.269. The molecule has 3 rings (SSSR count). The van der Waals surface area contributed by atoms with Crippen LogP contribution in [0.25, 0.3) is 0 Å². The maximum absolute atomic E-state index is 13.3. The number of benzene rings is 2. The van der Waals surface area contributed by atoms with Crippen molar-refractivity contribution < 1.29 is 9.59 Å². The smallest absolute Gasteiger partial charge is 0.250 e. The van der Waals surface area contributed by atoms with E-state index in [1.165, 1.54) is 11.8 Å². The van der Waals surface area contributed by atoms with Crippen molar-refractivity contribution in [1.29, 1.82) is 0 Å².